The van der Waals surface area contributed by atoms with Crippen LogP contribution in [0.5, 0.6) is 5.75 Å². The second-order valence-electron chi connectivity index (χ2n) is 6.81. The first-order chi connectivity index (χ1) is 15.0. The summed E-state index contributed by atoms with van der Waals surface area (Å²) in [6, 6.07) is 18.6. The van der Waals surface area contributed by atoms with Crippen LogP contribution in [-0.4, -0.2) is 43.2 Å². The molecule has 156 valence electrons. The van der Waals surface area contributed by atoms with Crippen molar-refractivity contribution in [1.82, 2.24) is 4.90 Å². The minimum Gasteiger partial charge on any atom is -0.496 e. The molecule has 1 heterocycles. The number of esters is 1. The highest BCUT2D eigenvalue weighted by Crippen LogP contribution is 2.37. The number of fused-ring (bicyclic) bond motifs is 1. The zero-order valence-corrected chi connectivity index (χ0v) is 18.1. The lowest BCUT2D eigenvalue weighted by molar-refractivity contribution is -0.121. The van der Waals surface area contributed by atoms with E-state index in [1.54, 1.807) is 38.4 Å². The van der Waals surface area contributed by atoms with Gasteiger partial charge in [-0.2, -0.15) is 0 Å². The number of thioether (sulfide) groups is 1. The van der Waals surface area contributed by atoms with Crippen LogP contribution in [0.3, 0.4) is 0 Å². The number of methoxy groups -OCH3 is 2. The van der Waals surface area contributed by atoms with Crippen molar-refractivity contribution in [3.8, 4) is 5.75 Å². The van der Waals surface area contributed by atoms with E-state index in [1.807, 2.05) is 42.5 Å². The molecule has 7 heteroatoms. The number of hydrogen-bond acceptors (Lipinski definition) is 6. The van der Waals surface area contributed by atoms with E-state index in [-0.39, 0.29) is 5.91 Å². The first-order valence-electron chi connectivity index (χ1n) is 9.52. The minimum atomic E-state index is -0.406. The van der Waals surface area contributed by atoms with Crippen molar-refractivity contribution >= 4 is 51.3 Å². The van der Waals surface area contributed by atoms with Gasteiger partial charge in [-0.05, 0) is 58.9 Å². The second kappa shape index (κ2) is 8.65. The SMILES string of the molecule is COC(=O)c1ccc(N=C2S/C(=C\c3c(OC)ccc4ccccc34)C(=O)N2C)cc1. The lowest BCUT2D eigenvalue weighted by Gasteiger charge is -2.09. The Hall–Kier alpha value is -3.58. The van der Waals surface area contributed by atoms with Crippen LogP contribution in [0, 0.1) is 0 Å². The Morgan fingerprint density at radius 1 is 1.03 bits per heavy atom. The standard InChI is InChI=1S/C24H20N2O4S/c1-26-22(27)21(14-19-18-7-5-4-6-15(18)10-13-20(19)29-2)31-24(26)25-17-11-8-16(9-12-17)23(28)30-3/h4-14H,1-3H3/b21-14-,25-24?. The van der Waals surface area contributed by atoms with Crippen molar-refractivity contribution in [2.24, 2.45) is 4.99 Å². The van der Waals surface area contributed by atoms with Crippen LogP contribution in [0.4, 0.5) is 5.69 Å². The number of carbonyl (C=O) groups excluding carboxylic acids is 2. The van der Waals surface area contributed by atoms with E-state index >= 15 is 0 Å². The molecule has 0 aliphatic carbocycles. The Labute approximate surface area is 184 Å². The summed E-state index contributed by atoms with van der Waals surface area (Å²) in [4.78, 5) is 31.1. The summed E-state index contributed by atoms with van der Waals surface area (Å²) < 4.78 is 10.3. The number of nitrogens with zero attached hydrogens (tertiary/aromatic N) is 2. The minimum absolute atomic E-state index is 0.134. The van der Waals surface area contributed by atoms with Crippen molar-refractivity contribution in [3.05, 3.63) is 76.7 Å². The van der Waals surface area contributed by atoms with Gasteiger partial charge in [0.1, 0.15) is 5.75 Å². The third-order valence-corrected chi connectivity index (χ3v) is 6.00. The fraction of sp³-hybridized carbons (Fsp3) is 0.125. The molecule has 31 heavy (non-hydrogen) atoms. The van der Waals surface area contributed by atoms with E-state index in [0.29, 0.717) is 27.1 Å². The Kier molecular flexibility index (Phi) is 5.77. The fourth-order valence-corrected chi connectivity index (χ4v) is 4.25. The van der Waals surface area contributed by atoms with Gasteiger partial charge >= 0.3 is 5.97 Å². The summed E-state index contributed by atoms with van der Waals surface area (Å²) in [6.07, 6.45) is 1.85. The Balaban J connectivity index is 1.69. The van der Waals surface area contributed by atoms with Crippen molar-refractivity contribution < 1.29 is 19.1 Å². The van der Waals surface area contributed by atoms with E-state index in [2.05, 4.69) is 4.99 Å². The number of rotatable bonds is 4. The molecule has 0 N–H and O–H groups in total. The number of carbonyl (C=O) groups is 2. The lowest BCUT2D eigenvalue weighted by atomic mass is 10.0. The summed E-state index contributed by atoms with van der Waals surface area (Å²) >= 11 is 1.30. The average Bonchev–Trinajstić information content (AvgIpc) is 3.07. The zero-order chi connectivity index (χ0) is 22.0. The van der Waals surface area contributed by atoms with E-state index in [4.69, 9.17) is 9.47 Å². The Morgan fingerprint density at radius 2 is 1.77 bits per heavy atom. The maximum Gasteiger partial charge on any atom is 0.337 e. The Morgan fingerprint density at radius 3 is 2.48 bits per heavy atom. The van der Waals surface area contributed by atoms with E-state index in [1.165, 1.54) is 23.8 Å². The highest BCUT2D eigenvalue weighted by Gasteiger charge is 2.31. The summed E-state index contributed by atoms with van der Waals surface area (Å²) in [5.74, 6) is 0.159. The molecule has 1 amide bonds. The highest BCUT2D eigenvalue weighted by molar-refractivity contribution is 8.18. The molecule has 1 fully saturated rings. The quantitative estimate of drug-likeness (QED) is 0.435. The van der Waals surface area contributed by atoms with Crippen LogP contribution < -0.4 is 4.74 Å². The van der Waals surface area contributed by atoms with Crippen molar-refractivity contribution in [1.29, 1.82) is 0 Å². The van der Waals surface area contributed by atoms with Crippen LogP contribution in [0.25, 0.3) is 16.8 Å². The molecule has 1 aliphatic rings. The van der Waals surface area contributed by atoms with Crippen LogP contribution in [0.1, 0.15) is 15.9 Å². The molecule has 3 aromatic carbocycles. The molecular formula is C24H20N2O4S. The lowest BCUT2D eigenvalue weighted by Crippen LogP contribution is -2.23. The second-order valence-corrected chi connectivity index (χ2v) is 7.82. The maximum absolute atomic E-state index is 12.9. The van der Waals surface area contributed by atoms with Crippen LogP contribution in [0.15, 0.2) is 70.6 Å². The van der Waals surface area contributed by atoms with Gasteiger partial charge in [-0.25, -0.2) is 9.79 Å². The molecular weight excluding hydrogens is 412 g/mol. The molecule has 0 unspecified atom stereocenters. The number of amides is 1. The smallest absolute Gasteiger partial charge is 0.337 e. The van der Waals surface area contributed by atoms with Gasteiger partial charge in [-0.3, -0.25) is 9.69 Å². The van der Waals surface area contributed by atoms with Gasteiger partial charge in [0.2, 0.25) is 0 Å². The first-order valence-corrected chi connectivity index (χ1v) is 10.3. The molecule has 4 rings (SSSR count). The summed E-state index contributed by atoms with van der Waals surface area (Å²) in [7, 11) is 4.65. The molecule has 0 radical (unpaired) electrons. The third-order valence-electron chi connectivity index (χ3n) is 4.94. The van der Waals surface area contributed by atoms with Gasteiger partial charge in [0, 0.05) is 12.6 Å². The van der Waals surface area contributed by atoms with Gasteiger partial charge in [-0.1, -0.05) is 30.3 Å². The molecule has 3 aromatic rings. The number of likely N-dealkylation sites (N-methyl/N-ethyl adjacent to an activating group) is 1. The molecule has 1 aliphatic heterocycles. The maximum atomic E-state index is 12.9. The number of hydrogen-bond donors (Lipinski definition) is 0. The van der Waals surface area contributed by atoms with Crippen LogP contribution >= 0.6 is 11.8 Å². The van der Waals surface area contributed by atoms with E-state index < -0.39 is 5.97 Å². The predicted molar refractivity (Wildman–Crippen MR) is 124 cm³/mol. The molecule has 0 bridgehead atoms. The molecule has 6 nitrogen and oxygen atoms in total. The zero-order valence-electron chi connectivity index (χ0n) is 17.3. The molecule has 1 saturated heterocycles. The van der Waals surface area contributed by atoms with Crippen molar-refractivity contribution in [2.45, 2.75) is 0 Å². The normalized spacial score (nSPS) is 16.4. The average molecular weight is 433 g/mol. The highest BCUT2D eigenvalue weighted by atomic mass is 32.2. The summed E-state index contributed by atoms with van der Waals surface area (Å²) in [5.41, 5.74) is 1.94. The van der Waals surface area contributed by atoms with Crippen LogP contribution in [-0.2, 0) is 9.53 Å². The summed E-state index contributed by atoms with van der Waals surface area (Å²) in [6.45, 7) is 0. The largest absolute Gasteiger partial charge is 0.496 e. The van der Waals surface area contributed by atoms with Gasteiger partial charge in [-0.15, -0.1) is 0 Å². The number of aliphatic imine (C=N–C) groups is 1. The van der Waals surface area contributed by atoms with Gasteiger partial charge in [0.15, 0.2) is 5.17 Å². The molecule has 0 atom stereocenters. The topological polar surface area (TPSA) is 68.2 Å². The number of ether oxygens (including phenoxy) is 2. The summed E-state index contributed by atoms with van der Waals surface area (Å²) in [5, 5.41) is 2.63. The molecule has 0 saturated carbocycles. The van der Waals surface area contributed by atoms with Gasteiger partial charge in [0.25, 0.3) is 5.91 Å². The van der Waals surface area contributed by atoms with Gasteiger partial charge in [0.05, 0.1) is 30.4 Å². The Bertz CT molecular complexity index is 1230. The molecule has 0 spiro atoms. The first kappa shape index (κ1) is 20.7. The van der Waals surface area contributed by atoms with E-state index in [9.17, 15) is 9.59 Å². The van der Waals surface area contributed by atoms with Gasteiger partial charge < -0.3 is 9.47 Å². The predicted octanol–water partition coefficient (Wildman–Crippen LogP) is 4.87. The van der Waals surface area contributed by atoms with Crippen molar-refractivity contribution in [2.75, 3.05) is 21.3 Å². The monoisotopic (exact) mass is 432 g/mol. The number of amidine groups is 1. The molecule has 0 aromatic heterocycles. The third kappa shape index (κ3) is 4.04. The van der Waals surface area contributed by atoms with Crippen molar-refractivity contribution in [3.63, 3.8) is 0 Å². The number of benzene rings is 3. The van der Waals surface area contributed by atoms with Crippen LogP contribution in [0.2, 0.25) is 0 Å². The fourth-order valence-electron chi connectivity index (χ4n) is 3.29. The van der Waals surface area contributed by atoms with E-state index in [0.717, 1.165) is 16.3 Å².